The van der Waals surface area contributed by atoms with Gasteiger partial charge in [0.25, 0.3) is 0 Å². The smallest absolute Gasteiger partial charge is 0.234 e. The molecule has 5 aromatic rings. The second-order valence-electron chi connectivity index (χ2n) is 9.92. The molecule has 0 aliphatic carbocycles. The normalized spacial score (nSPS) is 22.3. The number of hydrogen-bond donors (Lipinski definition) is 2. The van der Waals surface area contributed by atoms with Crippen molar-refractivity contribution in [3.8, 4) is 0 Å². The summed E-state index contributed by atoms with van der Waals surface area (Å²) >= 11 is 1.30. The minimum absolute atomic E-state index is 0.183. The predicted octanol–water partition coefficient (Wildman–Crippen LogP) is 5.21. The van der Waals surface area contributed by atoms with Crippen molar-refractivity contribution < 1.29 is 24.1 Å². The van der Waals surface area contributed by atoms with E-state index in [1.807, 2.05) is 96.4 Å². The molecule has 3 heterocycles. The van der Waals surface area contributed by atoms with Crippen LogP contribution in [0.25, 0.3) is 10.9 Å². The average molecular weight is 570 g/mol. The Morgan fingerprint density at radius 3 is 2.02 bits per heavy atom. The molecule has 3 N–H and O–H groups in total. The van der Waals surface area contributed by atoms with Gasteiger partial charge in [-0.2, -0.15) is 0 Å². The summed E-state index contributed by atoms with van der Waals surface area (Å²) in [6, 6.07) is 29.6. The molecule has 6 rings (SSSR count). The SMILES string of the molecule is Nc1ncnc2c(C3(O)O[C@H](COCc4ccccc4)C(OCc4ccccc4)[C@H]3OCc3ccccc3)scc12. The van der Waals surface area contributed by atoms with Crippen LogP contribution in [0.2, 0.25) is 0 Å². The van der Waals surface area contributed by atoms with Crippen molar-refractivity contribution >= 4 is 28.1 Å². The molecular formula is C32H31N3O5S. The van der Waals surface area contributed by atoms with Crippen LogP contribution in [0.1, 0.15) is 21.6 Å². The lowest BCUT2D eigenvalue weighted by Crippen LogP contribution is -2.44. The van der Waals surface area contributed by atoms with Crippen molar-refractivity contribution in [2.45, 2.75) is 43.9 Å². The van der Waals surface area contributed by atoms with Crippen LogP contribution in [0.15, 0.2) is 103 Å². The molecule has 41 heavy (non-hydrogen) atoms. The summed E-state index contributed by atoms with van der Waals surface area (Å²) in [7, 11) is 0. The van der Waals surface area contributed by atoms with Crippen LogP contribution < -0.4 is 5.73 Å². The number of thiophene rings is 1. The van der Waals surface area contributed by atoms with E-state index in [0.29, 0.717) is 34.8 Å². The van der Waals surface area contributed by atoms with Gasteiger partial charge in [-0.1, -0.05) is 91.0 Å². The van der Waals surface area contributed by atoms with Crippen LogP contribution in [-0.4, -0.2) is 40.0 Å². The molecule has 0 radical (unpaired) electrons. The third-order valence-electron chi connectivity index (χ3n) is 7.08. The topological polar surface area (TPSA) is 109 Å². The van der Waals surface area contributed by atoms with Gasteiger partial charge < -0.3 is 29.8 Å². The lowest BCUT2D eigenvalue weighted by molar-refractivity contribution is -0.250. The third-order valence-corrected chi connectivity index (χ3v) is 8.16. The Hall–Kier alpha value is -3.70. The molecule has 0 spiro atoms. The number of hydrogen-bond acceptors (Lipinski definition) is 9. The van der Waals surface area contributed by atoms with Crippen molar-refractivity contribution in [3.05, 3.63) is 124 Å². The van der Waals surface area contributed by atoms with Gasteiger partial charge in [-0.3, -0.25) is 0 Å². The lowest BCUT2D eigenvalue weighted by Gasteiger charge is -2.30. The summed E-state index contributed by atoms with van der Waals surface area (Å²) < 4.78 is 25.5. The van der Waals surface area contributed by atoms with Crippen molar-refractivity contribution in [3.63, 3.8) is 0 Å². The Bertz CT molecular complexity index is 1550. The summed E-state index contributed by atoms with van der Waals surface area (Å²) in [6.07, 6.45) is -0.800. The highest BCUT2D eigenvalue weighted by Crippen LogP contribution is 2.46. The highest BCUT2D eigenvalue weighted by atomic mass is 32.1. The number of aliphatic hydroxyl groups is 1. The second kappa shape index (κ2) is 12.4. The summed E-state index contributed by atoms with van der Waals surface area (Å²) in [5, 5.41) is 14.8. The van der Waals surface area contributed by atoms with Crippen molar-refractivity contribution in [1.29, 1.82) is 0 Å². The maximum absolute atomic E-state index is 12.4. The standard InChI is InChI=1S/C32H31N3O5S/c33-31-25-20-41-30(27(25)34-21-35-31)32(36)29(39-18-24-14-8-3-9-15-24)28(38-17-23-12-6-2-7-13-23)26(40-32)19-37-16-22-10-4-1-5-11-22/h1-15,20-21,26,28-29,36H,16-19H2,(H2,33,34,35)/t26-,28?,29-,32?/m1/s1. The van der Waals surface area contributed by atoms with E-state index in [1.165, 1.54) is 17.7 Å². The first kappa shape index (κ1) is 27.5. The first-order valence-electron chi connectivity index (χ1n) is 13.4. The van der Waals surface area contributed by atoms with E-state index in [1.54, 1.807) is 0 Å². The van der Waals surface area contributed by atoms with Crippen molar-refractivity contribution in [2.24, 2.45) is 0 Å². The average Bonchev–Trinajstić information content (AvgIpc) is 3.57. The molecule has 1 aliphatic heterocycles. The number of aromatic nitrogens is 2. The van der Waals surface area contributed by atoms with Gasteiger partial charge in [-0.05, 0) is 16.7 Å². The zero-order valence-corrected chi connectivity index (χ0v) is 23.2. The van der Waals surface area contributed by atoms with E-state index in [4.69, 9.17) is 24.7 Å². The fraction of sp³-hybridized carbons (Fsp3) is 0.250. The first-order chi connectivity index (χ1) is 20.1. The molecule has 1 aliphatic rings. The maximum Gasteiger partial charge on any atom is 0.234 e. The van der Waals surface area contributed by atoms with E-state index < -0.39 is 24.1 Å². The van der Waals surface area contributed by atoms with Crippen molar-refractivity contribution in [2.75, 3.05) is 12.3 Å². The molecule has 0 amide bonds. The number of anilines is 1. The molecule has 0 bridgehead atoms. The Morgan fingerprint density at radius 1 is 0.805 bits per heavy atom. The van der Waals surface area contributed by atoms with E-state index in [-0.39, 0.29) is 13.2 Å². The van der Waals surface area contributed by atoms with Crippen LogP contribution >= 0.6 is 11.3 Å². The number of ether oxygens (including phenoxy) is 4. The molecule has 4 atom stereocenters. The largest absolute Gasteiger partial charge is 0.383 e. The van der Waals surface area contributed by atoms with Crippen LogP contribution in [0.4, 0.5) is 5.82 Å². The molecule has 9 heteroatoms. The van der Waals surface area contributed by atoms with E-state index in [9.17, 15) is 5.11 Å². The number of nitrogens with zero attached hydrogens (tertiary/aromatic N) is 2. The Morgan fingerprint density at radius 2 is 1.39 bits per heavy atom. The van der Waals surface area contributed by atoms with Crippen molar-refractivity contribution in [1.82, 2.24) is 9.97 Å². The van der Waals surface area contributed by atoms with Gasteiger partial charge in [-0.25, -0.2) is 9.97 Å². The van der Waals surface area contributed by atoms with Gasteiger partial charge >= 0.3 is 0 Å². The number of benzene rings is 3. The van der Waals surface area contributed by atoms with Gasteiger partial charge in [0.05, 0.1) is 42.2 Å². The molecular weight excluding hydrogens is 538 g/mol. The molecule has 1 fully saturated rings. The molecule has 2 aromatic heterocycles. The molecule has 1 saturated heterocycles. The number of rotatable bonds is 11. The fourth-order valence-corrected chi connectivity index (χ4v) is 6.10. The van der Waals surface area contributed by atoms with Gasteiger partial charge in [0.1, 0.15) is 30.5 Å². The molecule has 210 valence electrons. The summed E-state index contributed by atoms with van der Waals surface area (Å²) in [4.78, 5) is 9.03. The third kappa shape index (κ3) is 6.01. The number of fused-ring (bicyclic) bond motifs is 1. The highest BCUT2D eigenvalue weighted by Gasteiger charge is 2.58. The van der Waals surface area contributed by atoms with Crippen LogP contribution in [0.5, 0.6) is 0 Å². The molecule has 3 aromatic carbocycles. The Balaban J connectivity index is 1.33. The lowest BCUT2D eigenvalue weighted by atomic mass is 10.0. The van der Waals surface area contributed by atoms with Gasteiger partial charge in [-0.15, -0.1) is 11.3 Å². The molecule has 8 nitrogen and oxygen atoms in total. The Labute approximate surface area is 242 Å². The fourth-order valence-electron chi connectivity index (χ4n) is 5.02. The zero-order chi connectivity index (χ0) is 28.1. The minimum Gasteiger partial charge on any atom is -0.383 e. The zero-order valence-electron chi connectivity index (χ0n) is 22.3. The highest BCUT2D eigenvalue weighted by molar-refractivity contribution is 7.11. The minimum atomic E-state index is -1.87. The monoisotopic (exact) mass is 569 g/mol. The molecule has 0 saturated carbocycles. The number of nitrogen functional groups attached to an aromatic ring is 1. The Kier molecular flexibility index (Phi) is 8.33. The predicted molar refractivity (Wildman–Crippen MR) is 157 cm³/mol. The van der Waals surface area contributed by atoms with E-state index in [0.717, 1.165) is 16.7 Å². The first-order valence-corrected chi connectivity index (χ1v) is 14.3. The second-order valence-corrected chi connectivity index (χ2v) is 10.8. The van der Waals surface area contributed by atoms with Crippen LogP contribution in [0, 0.1) is 0 Å². The van der Waals surface area contributed by atoms with Gasteiger partial charge in [0, 0.05) is 5.38 Å². The van der Waals surface area contributed by atoms with Gasteiger partial charge in [0.15, 0.2) is 0 Å². The van der Waals surface area contributed by atoms with Crippen LogP contribution in [-0.2, 0) is 44.6 Å². The summed E-state index contributed by atoms with van der Waals surface area (Å²) in [5.74, 6) is -1.54. The van der Waals surface area contributed by atoms with E-state index >= 15 is 0 Å². The maximum atomic E-state index is 12.4. The molecule has 2 unspecified atom stereocenters. The summed E-state index contributed by atoms with van der Waals surface area (Å²) in [5.41, 5.74) is 9.64. The number of nitrogens with two attached hydrogens (primary N) is 1. The van der Waals surface area contributed by atoms with Gasteiger partial charge in [0.2, 0.25) is 5.79 Å². The summed E-state index contributed by atoms with van der Waals surface area (Å²) in [6.45, 7) is 1.14. The van der Waals surface area contributed by atoms with E-state index in [2.05, 4.69) is 9.97 Å². The van der Waals surface area contributed by atoms with Crippen LogP contribution in [0.3, 0.4) is 0 Å². The quantitative estimate of drug-likeness (QED) is 0.223.